The Morgan fingerprint density at radius 3 is 1.37 bits per heavy atom. The summed E-state index contributed by atoms with van der Waals surface area (Å²) < 4.78 is 7.05. The molecular formula is C68H53NO. The van der Waals surface area contributed by atoms with E-state index in [-0.39, 0.29) is 10.8 Å². The lowest BCUT2D eigenvalue weighted by molar-refractivity contribution is 0.433. The molecule has 2 nitrogen and oxygen atoms in total. The van der Waals surface area contributed by atoms with Crippen LogP contribution >= 0.6 is 0 Å². The minimum absolute atomic E-state index is 0.0807. The van der Waals surface area contributed by atoms with Crippen LogP contribution in [0.5, 0.6) is 11.5 Å². The summed E-state index contributed by atoms with van der Waals surface area (Å²) in [5, 5.41) is 2.40. The molecule has 336 valence electrons. The molecule has 3 aliphatic carbocycles. The first-order chi connectivity index (χ1) is 34.0. The number of hydrogen-bond acceptors (Lipinski definition) is 2. The van der Waals surface area contributed by atoms with Gasteiger partial charge in [-0.1, -0.05) is 205 Å². The Labute approximate surface area is 411 Å². The van der Waals surface area contributed by atoms with Crippen LogP contribution < -0.4 is 9.64 Å². The highest BCUT2D eigenvalue weighted by Gasteiger charge is 2.54. The molecule has 0 radical (unpaired) electrons. The lowest BCUT2D eigenvalue weighted by atomic mass is 9.64. The molecule has 0 saturated carbocycles. The second-order valence-corrected chi connectivity index (χ2v) is 22.0. The van der Waals surface area contributed by atoms with Crippen LogP contribution in [0.2, 0.25) is 0 Å². The number of hydrogen-bond donors (Lipinski definition) is 0. The lowest BCUT2D eigenvalue weighted by Gasteiger charge is -2.41. The maximum absolute atomic E-state index is 7.05. The fourth-order valence-electron chi connectivity index (χ4n) is 13.1. The SMILES string of the molecule is CC(C)(C)c1ccc2c(c1)C1(c3cc(C(C)(C)C)ccc3O2)c2ccccc2-c2c(N(c3ccc4c(c3)C3(c5ccccc5-c5ccccc53)c3ccccc3-4)c3cccc4ccccc34)cccc21. The van der Waals surface area contributed by atoms with Gasteiger partial charge >= 0.3 is 0 Å². The maximum atomic E-state index is 7.05. The van der Waals surface area contributed by atoms with Gasteiger partial charge in [-0.15, -0.1) is 0 Å². The number of rotatable bonds is 3. The van der Waals surface area contributed by atoms with Crippen molar-refractivity contribution in [1.29, 1.82) is 0 Å². The van der Waals surface area contributed by atoms with Gasteiger partial charge in [0.2, 0.25) is 0 Å². The average Bonchev–Trinajstić information content (AvgIpc) is 3.96. The van der Waals surface area contributed by atoms with Crippen LogP contribution in [0.4, 0.5) is 17.1 Å². The molecule has 0 saturated heterocycles. The molecule has 0 bridgehead atoms. The van der Waals surface area contributed by atoms with Gasteiger partial charge in [-0.25, -0.2) is 0 Å². The van der Waals surface area contributed by atoms with Crippen molar-refractivity contribution in [2.24, 2.45) is 0 Å². The lowest BCUT2D eigenvalue weighted by Crippen LogP contribution is -2.33. The zero-order valence-electron chi connectivity index (χ0n) is 40.6. The van der Waals surface area contributed by atoms with E-state index in [0.29, 0.717) is 0 Å². The summed E-state index contributed by atoms with van der Waals surface area (Å²) in [4.78, 5) is 2.58. The van der Waals surface area contributed by atoms with Gasteiger partial charge in [0.05, 0.1) is 22.2 Å². The van der Waals surface area contributed by atoms with E-state index in [4.69, 9.17) is 4.74 Å². The van der Waals surface area contributed by atoms with Gasteiger partial charge < -0.3 is 9.64 Å². The van der Waals surface area contributed by atoms with Crippen molar-refractivity contribution >= 4 is 27.8 Å². The Morgan fingerprint density at radius 1 is 0.343 bits per heavy atom. The van der Waals surface area contributed by atoms with E-state index in [1.54, 1.807) is 0 Å². The topological polar surface area (TPSA) is 12.5 Å². The van der Waals surface area contributed by atoms with E-state index >= 15 is 0 Å². The van der Waals surface area contributed by atoms with Crippen LogP contribution in [0.15, 0.2) is 212 Å². The van der Waals surface area contributed by atoms with Gasteiger partial charge in [0.25, 0.3) is 0 Å². The first-order valence-electron chi connectivity index (χ1n) is 24.9. The molecule has 4 aliphatic rings. The van der Waals surface area contributed by atoms with Crippen LogP contribution in [0.1, 0.15) is 97.2 Å². The number of benzene rings is 10. The van der Waals surface area contributed by atoms with Crippen molar-refractivity contribution in [2.45, 2.75) is 63.2 Å². The first-order valence-corrected chi connectivity index (χ1v) is 24.9. The number of anilines is 3. The number of nitrogens with zero attached hydrogens (tertiary/aromatic N) is 1. The molecule has 2 heteroatoms. The van der Waals surface area contributed by atoms with Crippen molar-refractivity contribution in [3.05, 3.63) is 268 Å². The van der Waals surface area contributed by atoms with Crippen molar-refractivity contribution in [1.82, 2.24) is 0 Å². The highest BCUT2D eigenvalue weighted by atomic mass is 16.5. The van der Waals surface area contributed by atoms with Gasteiger partial charge in [0, 0.05) is 27.8 Å². The van der Waals surface area contributed by atoms with Crippen molar-refractivity contribution in [2.75, 3.05) is 4.90 Å². The molecule has 0 fully saturated rings. The van der Waals surface area contributed by atoms with Crippen LogP contribution in [0, 0.1) is 0 Å². The molecule has 10 aromatic carbocycles. The fraction of sp³-hybridized carbons (Fsp3) is 0.147. The summed E-state index contributed by atoms with van der Waals surface area (Å²) in [6.45, 7) is 13.9. The molecule has 1 aliphatic heterocycles. The van der Waals surface area contributed by atoms with Gasteiger partial charge in [-0.2, -0.15) is 0 Å². The third kappa shape index (κ3) is 5.34. The summed E-state index contributed by atoms with van der Waals surface area (Å²) >= 11 is 0. The predicted octanol–water partition coefficient (Wildman–Crippen LogP) is 17.7. The van der Waals surface area contributed by atoms with Gasteiger partial charge in [0.1, 0.15) is 11.5 Å². The van der Waals surface area contributed by atoms with E-state index in [1.807, 2.05) is 0 Å². The monoisotopic (exact) mass is 899 g/mol. The van der Waals surface area contributed by atoms with Crippen LogP contribution in [-0.2, 0) is 21.7 Å². The smallest absolute Gasteiger partial charge is 0.132 e. The second-order valence-electron chi connectivity index (χ2n) is 22.0. The van der Waals surface area contributed by atoms with Gasteiger partial charge in [-0.05, 0) is 137 Å². The van der Waals surface area contributed by atoms with E-state index < -0.39 is 10.8 Å². The minimum Gasteiger partial charge on any atom is -0.457 e. The molecule has 10 aromatic rings. The molecule has 0 N–H and O–H groups in total. The quantitative estimate of drug-likeness (QED) is 0.175. The summed E-state index contributed by atoms with van der Waals surface area (Å²) in [6, 6.07) is 80.5. The molecule has 70 heavy (non-hydrogen) atoms. The zero-order valence-corrected chi connectivity index (χ0v) is 40.6. The number of ether oxygens (including phenoxy) is 1. The molecule has 0 unspecified atom stereocenters. The Kier molecular flexibility index (Phi) is 8.40. The van der Waals surface area contributed by atoms with E-state index in [9.17, 15) is 0 Å². The van der Waals surface area contributed by atoms with Gasteiger partial charge in [0.15, 0.2) is 0 Å². The standard InChI is InChI=1S/C68H53NO/c1-65(2,3)43-33-37-62-58(39-43)68(59-40-44(66(4,5)6)34-38-63(59)70-62)55-29-16-12-25-51(55)64-56(68)30-18-32-61(64)69(60-31-17-20-42-19-7-8-21-46(42)60)45-35-36-50-49-24-11-15-28-54(49)67(57(50)41-45)52-26-13-9-22-47(52)48-23-10-14-27-53(48)67/h7-41H,1-6H3. The van der Waals surface area contributed by atoms with Crippen molar-refractivity contribution in [3.63, 3.8) is 0 Å². The third-order valence-corrected chi connectivity index (χ3v) is 16.3. The van der Waals surface area contributed by atoms with Crippen LogP contribution in [0.3, 0.4) is 0 Å². The Hall–Kier alpha value is -7.94. The van der Waals surface area contributed by atoms with E-state index in [2.05, 4.69) is 259 Å². The molecule has 14 rings (SSSR count). The van der Waals surface area contributed by atoms with Crippen molar-refractivity contribution < 1.29 is 4.74 Å². The summed E-state index contributed by atoms with van der Waals surface area (Å²) in [7, 11) is 0. The Morgan fingerprint density at radius 2 is 0.786 bits per heavy atom. The second kappa shape index (κ2) is 14.3. The van der Waals surface area contributed by atoms with E-state index in [1.165, 1.54) is 99.8 Å². The minimum atomic E-state index is -0.668. The maximum Gasteiger partial charge on any atom is 0.132 e. The summed E-state index contributed by atoms with van der Waals surface area (Å²) in [5.74, 6) is 1.81. The normalized spacial score (nSPS) is 14.8. The van der Waals surface area contributed by atoms with E-state index in [0.717, 1.165) is 28.6 Å². The highest BCUT2D eigenvalue weighted by Crippen LogP contribution is 2.67. The molecule has 0 aromatic heterocycles. The summed E-state index contributed by atoms with van der Waals surface area (Å²) in [5.41, 5.74) is 22.6. The van der Waals surface area contributed by atoms with Gasteiger partial charge in [-0.3, -0.25) is 0 Å². The fourth-order valence-corrected chi connectivity index (χ4v) is 13.1. The molecule has 1 heterocycles. The highest BCUT2D eigenvalue weighted by molar-refractivity contribution is 6.05. The Balaban J connectivity index is 1.10. The molecule has 0 atom stereocenters. The Bertz CT molecular complexity index is 3720. The zero-order chi connectivity index (χ0) is 47.3. The average molecular weight is 900 g/mol. The molecule has 0 amide bonds. The molecule has 2 spiro atoms. The third-order valence-electron chi connectivity index (χ3n) is 16.3. The largest absolute Gasteiger partial charge is 0.457 e. The first kappa shape index (κ1) is 41.1. The van der Waals surface area contributed by atoms with Crippen molar-refractivity contribution in [3.8, 4) is 44.9 Å². The van der Waals surface area contributed by atoms with Crippen LogP contribution in [-0.4, -0.2) is 0 Å². The number of fused-ring (bicyclic) bond motifs is 20. The predicted molar refractivity (Wildman–Crippen MR) is 290 cm³/mol. The summed E-state index contributed by atoms with van der Waals surface area (Å²) in [6.07, 6.45) is 0. The van der Waals surface area contributed by atoms with Crippen LogP contribution in [0.25, 0.3) is 44.2 Å². The molecular weight excluding hydrogens is 847 g/mol.